The van der Waals surface area contributed by atoms with E-state index >= 15 is 0 Å². The second kappa shape index (κ2) is 8.20. The molecule has 2 heterocycles. The second-order valence-corrected chi connectivity index (χ2v) is 7.42. The van der Waals surface area contributed by atoms with Crippen molar-refractivity contribution in [3.8, 4) is 0 Å². The maximum absolute atomic E-state index is 12.1. The highest BCUT2D eigenvalue weighted by molar-refractivity contribution is 7.99. The number of anilines is 2. The van der Waals surface area contributed by atoms with Crippen molar-refractivity contribution in [3.05, 3.63) is 24.3 Å². The number of benzene rings is 1. The molecule has 7 nitrogen and oxygen atoms in total. The van der Waals surface area contributed by atoms with Gasteiger partial charge in [-0.2, -0.15) is 11.8 Å². The number of carbonyl (C=O) groups is 2. The van der Waals surface area contributed by atoms with E-state index in [9.17, 15) is 9.59 Å². The summed E-state index contributed by atoms with van der Waals surface area (Å²) in [6.07, 6.45) is -0.836. The van der Waals surface area contributed by atoms with Gasteiger partial charge in [0.1, 0.15) is 12.7 Å². The van der Waals surface area contributed by atoms with Crippen LogP contribution in [0, 0.1) is 0 Å². The molecule has 2 saturated heterocycles. The molecule has 0 N–H and O–H groups in total. The predicted octanol–water partition coefficient (Wildman–Crippen LogP) is 2.48. The van der Waals surface area contributed by atoms with E-state index in [1.54, 1.807) is 4.90 Å². The molecule has 2 aliphatic heterocycles. The van der Waals surface area contributed by atoms with E-state index in [0.29, 0.717) is 6.54 Å². The predicted molar refractivity (Wildman–Crippen MR) is 102 cm³/mol. The van der Waals surface area contributed by atoms with Crippen LogP contribution in [0.2, 0.25) is 0 Å². The third-order valence-electron chi connectivity index (χ3n) is 4.14. The van der Waals surface area contributed by atoms with E-state index in [1.807, 2.05) is 36.0 Å². The van der Waals surface area contributed by atoms with E-state index in [0.717, 1.165) is 35.3 Å². The highest BCUT2D eigenvalue weighted by Gasteiger charge is 2.33. The molecule has 0 aromatic heterocycles. The maximum atomic E-state index is 12.1. The Morgan fingerprint density at radius 1 is 1.32 bits per heavy atom. The largest absolute Gasteiger partial charge is 0.441 e. The van der Waals surface area contributed by atoms with Crippen LogP contribution in [0.3, 0.4) is 0 Å². The van der Waals surface area contributed by atoms with Crippen LogP contribution in [0.25, 0.3) is 0 Å². The molecule has 25 heavy (non-hydrogen) atoms. The van der Waals surface area contributed by atoms with Crippen molar-refractivity contribution in [3.63, 3.8) is 0 Å². The molecule has 1 aromatic carbocycles. The first-order valence-corrected chi connectivity index (χ1v) is 9.65. The summed E-state index contributed by atoms with van der Waals surface area (Å²) in [6, 6.07) is 7.95. The monoisotopic (exact) mass is 383 g/mol. The van der Waals surface area contributed by atoms with Gasteiger partial charge >= 0.3 is 11.3 Å². The Bertz CT molecular complexity index is 622. The maximum Gasteiger partial charge on any atom is 0.414 e. The Morgan fingerprint density at radius 2 is 1.96 bits per heavy atom. The van der Waals surface area contributed by atoms with Gasteiger partial charge in [-0.1, -0.05) is 12.6 Å². The molecule has 1 aromatic rings. The van der Waals surface area contributed by atoms with Gasteiger partial charge < -0.3 is 9.64 Å². The number of amides is 2. The first kappa shape index (κ1) is 18.2. The molecule has 9 heteroatoms. The lowest BCUT2D eigenvalue weighted by Crippen LogP contribution is -2.32. The zero-order valence-electron chi connectivity index (χ0n) is 14.0. The molecule has 2 amide bonds. The number of cyclic esters (lactones) is 1. The van der Waals surface area contributed by atoms with Crippen molar-refractivity contribution in [2.45, 2.75) is 6.10 Å². The number of rotatable bonds is 5. The summed E-state index contributed by atoms with van der Waals surface area (Å²) >= 11 is 5.63. The number of thioether (sulfide) groups is 1. The Kier molecular flexibility index (Phi) is 5.98. The molecule has 0 saturated carbocycles. The normalized spacial score (nSPS) is 20.6. The minimum Gasteiger partial charge on any atom is -0.441 e. The number of nitrogens with zero attached hydrogens (tertiary/aromatic N) is 3. The summed E-state index contributed by atoms with van der Waals surface area (Å²) in [5.74, 6) is 2.29. The summed E-state index contributed by atoms with van der Waals surface area (Å²) in [5.41, 5.74) is 1.96. The van der Waals surface area contributed by atoms with Crippen molar-refractivity contribution in [2.75, 3.05) is 54.6 Å². The zero-order valence-corrected chi connectivity index (χ0v) is 15.7. The van der Waals surface area contributed by atoms with Crippen LogP contribution in [0.4, 0.5) is 21.0 Å². The van der Waals surface area contributed by atoms with Gasteiger partial charge in [-0.25, -0.2) is 9.86 Å². The first-order chi connectivity index (χ1) is 12.0. The van der Waals surface area contributed by atoms with Crippen LogP contribution in [0.1, 0.15) is 0 Å². The summed E-state index contributed by atoms with van der Waals surface area (Å²) in [6.45, 7) is 2.58. The fraction of sp³-hybridized carbons (Fsp3) is 0.500. The Morgan fingerprint density at radius 3 is 2.60 bits per heavy atom. The lowest BCUT2D eigenvalue weighted by Gasteiger charge is -2.28. The van der Waals surface area contributed by atoms with Gasteiger partial charge in [-0.05, 0) is 24.3 Å². The minimum absolute atomic E-state index is 0.106. The van der Waals surface area contributed by atoms with E-state index in [1.165, 1.54) is 12.7 Å². The van der Waals surface area contributed by atoms with Crippen molar-refractivity contribution in [1.82, 2.24) is 5.06 Å². The van der Waals surface area contributed by atoms with Crippen LogP contribution in [0.5, 0.6) is 0 Å². The van der Waals surface area contributed by atoms with Gasteiger partial charge in [0.15, 0.2) is 0 Å². The van der Waals surface area contributed by atoms with Gasteiger partial charge in [0.2, 0.25) is 0 Å². The zero-order chi connectivity index (χ0) is 17.8. The molecule has 0 spiro atoms. The van der Waals surface area contributed by atoms with Gasteiger partial charge in [0.25, 0.3) is 0 Å². The number of hydrogen-bond acceptors (Lipinski definition) is 6. The molecule has 0 unspecified atom stereocenters. The molecule has 3 rings (SSSR count). The van der Waals surface area contributed by atoms with Gasteiger partial charge in [0, 0.05) is 43.0 Å². The fourth-order valence-corrected chi connectivity index (χ4v) is 3.70. The Labute approximate surface area is 156 Å². The quantitative estimate of drug-likeness (QED) is 0.623. The second-order valence-electron chi connectivity index (χ2n) is 5.81. The molecular formula is C16H21N3O4S2. The number of carbonyl (C=O) groups excluding carboxylic acids is 2. The standard InChI is InChI=1S/C16H21N3O4S2/c1-17(16(21)24)22-11-14-10-19(15(20)23-14)13-4-2-12(3-5-13)18-6-8-25-9-7-18/h2-5,14H,6-11H2,1H3,(H,21,24)/t14-/m0/s1. The van der Waals surface area contributed by atoms with Crippen molar-refractivity contribution >= 4 is 47.1 Å². The molecule has 1 atom stereocenters. The van der Waals surface area contributed by atoms with E-state index in [2.05, 4.69) is 17.5 Å². The van der Waals surface area contributed by atoms with E-state index < -0.39 is 17.4 Å². The SMILES string of the molecule is CN(OC[C@@H]1CN(c2ccc(N3CCSCC3)cc2)C(=O)O1)C(=O)S. The topological polar surface area (TPSA) is 62.3 Å². The summed E-state index contributed by atoms with van der Waals surface area (Å²) in [4.78, 5) is 32.2. The minimum atomic E-state index is -0.507. The average molecular weight is 383 g/mol. The number of hydroxylamine groups is 2. The van der Waals surface area contributed by atoms with Crippen LogP contribution >= 0.6 is 24.4 Å². The lowest BCUT2D eigenvalue weighted by molar-refractivity contribution is -0.113. The first-order valence-electron chi connectivity index (χ1n) is 8.05. The Hall–Kier alpha value is -1.58. The highest BCUT2D eigenvalue weighted by Crippen LogP contribution is 2.26. The van der Waals surface area contributed by atoms with Crippen molar-refractivity contribution < 1.29 is 19.2 Å². The summed E-state index contributed by atoms with van der Waals surface area (Å²) in [5, 5.41) is 0.499. The molecule has 0 radical (unpaired) electrons. The molecule has 136 valence electrons. The van der Waals surface area contributed by atoms with Gasteiger partial charge in [-0.15, -0.1) is 0 Å². The van der Waals surface area contributed by atoms with Crippen LogP contribution in [-0.4, -0.2) is 67.3 Å². The molecular weight excluding hydrogens is 362 g/mol. The number of hydrogen-bond donors (Lipinski definition) is 1. The van der Waals surface area contributed by atoms with Gasteiger partial charge in [-0.3, -0.25) is 14.5 Å². The molecule has 2 aliphatic rings. The van der Waals surface area contributed by atoms with Crippen molar-refractivity contribution in [1.29, 1.82) is 0 Å². The van der Waals surface area contributed by atoms with Crippen molar-refractivity contribution in [2.24, 2.45) is 0 Å². The molecule has 0 bridgehead atoms. The van der Waals surface area contributed by atoms with Gasteiger partial charge in [0.05, 0.1) is 6.54 Å². The van der Waals surface area contributed by atoms with E-state index in [-0.39, 0.29) is 6.61 Å². The molecule has 0 aliphatic carbocycles. The summed E-state index contributed by atoms with van der Waals surface area (Å²) in [7, 11) is 1.46. The average Bonchev–Trinajstić information content (AvgIpc) is 3.01. The van der Waals surface area contributed by atoms with E-state index in [4.69, 9.17) is 9.57 Å². The number of ether oxygens (including phenoxy) is 1. The smallest absolute Gasteiger partial charge is 0.414 e. The fourth-order valence-electron chi connectivity index (χ4n) is 2.73. The van der Waals surface area contributed by atoms with Crippen LogP contribution in [0.15, 0.2) is 24.3 Å². The third kappa shape index (κ3) is 4.53. The van der Waals surface area contributed by atoms with Crippen LogP contribution < -0.4 is 9.80 Å². The van der Waals surface area contributed by atoms with Crippen LogP contribution in [-0.2, 0) is 9.57 Å². The Balaban J connectivity index is 1.58. The lowest BCUT2D eigenvalue weighted by atomic mass is 10.2. The highest BCUT2D eigenvalue weighted by atomic mass is 32.2. The molecule has 2 fully saturated rings. The third-order valence-corrected chi connectivity index (χ3v) is 5.36. The number of thiol groups is 1. The summed E-state index contributed by atoms with van der Waals surface area (Å²) < 4.78 is 5.29.